The third kappa shape index (κ3) is 2.86. The van der Waals surface area contributed by atoms with Gasteiger partial charge in [0, 0.05) is 19.8 Å². The van der Waals surface area contributed by atoms with E-state index in [1.54, 1.807) is 6.08 Å². The van der Waals surface area contributed by atoms with Crippen LogP contribution in [0, 0.1) is 12.3 Å². The Morgan fingerprint density at radius 1 is 1.30 bits per heavy atom. The third-order valence-corrected chi connectivity index (χ3v) is 3.74. The summed E-state index contributed by atoms with van der Waals surface area (Å²) in [6, 6.07) is 7.73. The number of terminal acetylenes is 1. The number of rotatable bonds is 3. The van der Waals surface area contributed by atoms with Gasteiger partial charge in [-0.1, -0.05) is 18.1 Å². The largest absolute Gasteiger partial charge is 0.378 e. The molecule has 1 aliphatic heterocycles. The van der Waals surface area contributed by atoms with E-state index in [-0.39, 0.29) is 17.7 Å². The van der Waals surface area contributed by atoms with Crippen molar-refractivity contribution >= 4 is 34.7 Å². The summed E-state index contributed by atoms with van der Waals surface area (Å²) in [4.78, 5) is 27.1. The van der Waals surface area contributed by atoms with Crippen LogP contribution in [-0.4, -0.2) is 36.7 Å². The van der Waals surface area contributed by atoms with Gasteiger partial charge in [-0.2, -0.15) is 0 Å². The Kier molecular flexibility index (Phi) is 4.16. The second-order valence-corrected chi connectivity index (χ2v) is 5.45. The molecule has 4 nitrogen and oxygen atoms in total. The van der Waals surface area contributed by atoms with Gasteiger partial charge in [-0.3, -0.25) is 14.5 Å². The minimum absolute atomic E-state index is 0.0155. The molecule has 0 aromatic heterocycles. The maximum absolute atomic E-state index is 12.0. The van der Waals surface area contributed by atoms with Gasteiger partial charge in [0.25, 0.3) is 11.1 Å². The van der Waals surface area contributed by atoms with Crippen molar-refractivity contribution in [3.8, 4) is 12.3 Å². The van der Waals surface area contributed by atoms with E-state index in [0.29, 0.717) is 4.91 Å². The molecule has 5 heteroatoms. The first kappa shape index (κ1) is 14.2. The van der Waals surface area contributed by atoms with Crippen molar-refractivity contribution in [3.63, 3.8) is 0 Å². The van der Waals surface area contributed by atoms with E-state index in [2.05, 4.69) is 5.92 Å². The summed E-state index contributed by atoms with van der Waals surface area (Å²) in [7, 11) is 3.92. The first-order valence-electron chi connectivity index (χ1n) is 5.99. The molecule has 20 heavy (non-hydrogen) atoms. The summed E-state index contributed by atoms with van der Waals surface area (Å²) in [6.45, 7) is 0.0155. The van der Waals surface area contributed by atoms with E-state index in [1.807, 2.05) is 43.3 Å². The number of carbonyl (C=O) groups is 2. The van der Waals surface area contributed by atoms with Gasteiger partial charge in [0.2, 0.25) is 0 Å². The molecule has 1 aromatic rings. The van der Waals surface area contributed by atoms with E-state index >= 15 is 0 Å². The zero-order valence-corrected chi connectivity index (χ0v) is 12.1. The molecule has 0 aliphatic carbocycles. The number of benzene rings is 1. The molecule has 0 unspecified atom stereocenters. The Bertz CT molecular complexity index is 612. The second kappa shape index (κ2) is 5.85. The van der Waals surface area contributed by atoms with Crippen molar-refractivity contribution < 1.29 is 9.59 Å². The number of thioether (sulfide) groups is 1. The van der Waals surface area contributed by atoms with Gasteiger partial charge in [-0.05, 0) is 35.5 Å². The van der Waals surface area contributed by atoms with Gasteiger partial charge in [-0.25, -0.2) is 0 Å². The lowest BCUT2D eigenvalue weighted by molar-refractivity contribution is -0.122. The molecule has 2 rings (SSSR count). The molecule has 0 atom stereocenters. The van der Waals surface area contributed by atoms with E-state index in [4.69, 9.17) is 6.42 Å². The lowest BCUT2D eigenvalue weighted by Crippen LogP contribution is -2.28. The Morgan fingerprint density at radius 3 is 2.50 bits per heavy atom. The maximum Gasteiger partial charge on any atom is 0.294 e. The van der Waals surface area contributed by atoms with E-state index in [1.165, 1.54) is 0 Å². The number of anilines is 1. The van der Waals surface area contributed by atoms with Crippen LogP contribution in [0.2, 0.25) is 0 Å². The minimum atomic E-state index is -0.324. The monoisotopic (exact) mass is 286 g/mol. The highest BCUT2D eigenvalue weighted by Crippen LogP contribution is 2.32. The van der Waals surface area contributed by atoms with Gasteiger partial charge < -0.3 is 4.90 Å². The second-order valence-electron chi connectivity index (χ2n) is 4.46. The highest BCUT2D eigenvalue weighted by atomic mass is 32.2. The lowest BCUT2D eigenvalue weighted by Gasteiger charge is -2.11. The average molecular weight is 286 g/mol. The molecule has 0 radical (unpaired) electrons. The average Bonchev–Trinajstić information content (AvgIpc) is 2.67. The molecule has 0 saturated carbocycles. The zero-order chi connectivity index (χ0) is 14.7. The first-order valence-corrected chi connectivity index (χ1v) is 6.81. The molecule has 0 bridgehead atoms. The van der Waals surface area contributed by atoms with Gasteiger partial charge in [0.15, 0.2) is 0 Å². The van der Waals surface area contributed by atoms with E-state index in [0.717, 1.165) is 27.9 Å². The number of hydrogen-bond acceptors (Lipinski definition) is 4. The quantitative estimate of drug-likeness (QED) is 0.632. The zero-order valence-electron chi connectivity index (χ0n) is 11.3. The molecular weight excluding hydrogens is 272 g/mol. The van der Waals surface area contributed by atoms with E-state index < -0.39 is 0 Å². The van der Waals surface area contributed by atoms with Crippen LogP contribution in [0.4, 0.5) is 10.5 Å². The molecule has 1 heterocycles. The molecule has 1 aromatic carbocycles. The Labute approximate surface area is 122 Å². The molecule has 1 aliphatic rings. The van der Waals surface area contributed by atoms with Crippen LogP contribution in [0.15, 0.2) is 29.2 Å². The fourth-order valence-electron chi connectivity index (χ4n) is 1.75. The summed E-state index contributed by atoms with van der Waals surface area (Å²) in [5, 5.41) is -0.316. The molecule has 1 fully saturated rings. The molecule has 0 N–H and O–H groups in total. The van der Waals surface area contributed by atoms with Gasteiger partial charge in [-0.15, -0.1) is 6.42 Å². The number of carbonyl (C=O) groups excluding carboxylic acids is 2. The number of hydrogen-bond donors (Lipinski definition) is 0. The third-order valence-electron chi connectivity index (χ3n) is 2.83. The lowest BCUT2D eigenvalue weighted by atomic mass is 10.2. The van der Waals surface area contributed by atoms with E-state index in [9.17, 15) is 9.59 Å². The number of imide groups is 1. The van der Waals surface area contributed by atoms with Crippen LogP contribution in [0.3, 0.4) is 0 Å². The van der Waals surface area contributed by atoms with Crippen LogP contribution in [0.25, 0.3) is 6.08 Å². The molecular formula is C15H14N2O2S. The smallest absolute Gasteiger partial charge is 0.294 e. The van der Waals surface area contributed by atoms with Crippen molar-refractivity contribution in [1.29, 1.82) is 0 Å². The maximum atomic E-state index is 12.0. The Balaban J connectivity index is 2.22. The van der Waals surface area contributed by atoms with Crippen molar-refractivity contribution in [2.75, 3.05) is 25.5 Å². The van der Waals surface area contributed by atoms with Gasteiger partial charge in [0.05, 0.1) is 11.4 Å². The standard InChI is InChI=1S/C15H14N2O2S/c1-4-9-17-14(18)13(20-15(17)19)10-11-5-7-12(8-6-11)16(2)3/h1,5-8,10H,9H2,2-3H3/b13-10-. The van der Waals surface area contributed by atoms with Crippen LogP contribution < -0.4 is 4.90 Å². The van der Waals surface area contributed by atoms with Crippen molar-refractivity contribution in [2.45, 2.75) is 0 Å². The predicted octanol–water partition coefficient (Wildman–Crippen LogP) is 2.42. The summed E-state index contributed by atoms with van der Waals surface area (Å²) < 4.78 is 0. The highest BCUT2D eigenvalue weighted by molar-refractivity contribution is 8.18. The van der Waals surface area contributed by atoms with Crippen molar-refractivity contribution in [1.82, 2.24) is 4.90 Å². The summed E-state index contributed by atoms with van der Waals surface area (Å²) in [5.41, 5.74) is 1.95. The normalized spacial score (nSPS) is 16.6. The summed E-state index contributed by atoms with van der Waals surface area (Å²) in [5.74, 6) is 1.99. The van der Waals surface area contributed by atoms with Gasteiger partial charge in [0.1, 0.15) is 0 Å². The van der Waals surface area contributed by atoms with Crippen LogP contribution >= 0.6 is 11.8 Å². The predicted molar refractivity (Wildman–Crippen MR) is 82.3 cm³/mol. The van der Waals surface area contributed by atoms with Crippen LogP contribution in [0.1, 0.15) is 5.56 Å². The first-order chi connectivity index (χ1) is 9.52. The summed E-state index contributed by atoms with van der Waals surface area (Å²) >= 11 is 0.920. The topological polar surface area (TPSA) is 40.6 Å². The fourth-order valence-corrected chi connectivity index (χ4v) is 2.59. The van der Waals surface area contributed by atoms with Crippen molar-refractivity contribution in [2.24, 2.45) is 0 Å². The minimum Gasteiger partial charge on any atom is -0.378 e. The Morgan fingerprint density at radius 2 is 1.95 bits per heavy atom. The summed E-state index contributed by atoms with van der Waals surface area (Å²) in [6.07, 6.45) is 6.86. The number of amides is 2. The molecule has 0 spiro atoms. The fraction of sp³-hybridized carbons (Fsp3) is 0.200. The SMILES string of the molecule is C#CCN1C(=O)S/C(=C\c2ccc(N(C)C)cc2)C1=O. The van der Waals surface area contributed by atoms with Gasteiger partial charge >= 0.3 is 0 Å². The highest BCUT2D eigenvalue weighted by Gasteiger charge is 2.34. The molecule has 102 valence electrons. The molecule has 1 saturated heterocycles. The number of nitrogens with zero attached hydrogens (tertiary/aromatic N) is 2. The Hall–Kier alpha value is -2.19. The van der Waals surface area contributed by atoms with Crippen LogP contribution in [0.5, 0.6) is 0 Å². The van der Waals surface area contributed by atoms with Crippen LogP contribution in [-0.2, 0) is 4.79 Å². The molecule has 2 amide bonds. The van der Waals surface area contributed by atoms with Crippen molar-refractivity contribution in [3.05, 3.63) is 34.7 Å².